The number of nitrogens with one attached hydrogen (secondary N) is 1. The molecule has 0 aliphatic carbocycles. The van der Waals surface area contributed by atoms with Crippen LogP contribution in [0.3, 0.4) is 0 Å². The maximum atomic E-state index is 12.8. The number of nitrogens with zero attached hydrogens (tertiary/aromatic N) is 1. The zero-order valence-electron chi connectivity index (χ0n) is 9.90. The zero-order valence-corrected chi connectivity index (χ0v) is 9.90. The van der Waals surface area contributed by atoms with Crippen LogP contribution in [0.15, 0.2) is 18.2 Å². The fourth-order valence-corrected chi connectivity index (χ4v) is 1.39. The van der Waals surface area contributed by atoms with Crippen molar-refractivity contribution in [2.45, 2.75) is 25.8 Å². The Balaban J connectivity index is 2.93. The summed E-state index contributed by atoms with van der Waals surface area (Å²) in [4.78, 5) is 9.82. The lowest BCUT2D eigenvalue weighted by Crippen LogP contribution is -2.28. The summed E-state index contributed by atoms with van der Waals surface area (Å²) >= 11 is 0. The standard InChI is InChI=1S/C11H15F2N3O2/c1-2-7(14)6-15-10-4-3-8(16(17)18)5-9(10)11(12)13/h3-5,7,11,15H,2,6,14H2,1H3. The van der Waals surface area contributed by atoms with Crippen molar-refractivity contribution in [3.63, 3.8) is 0 Å². The van der Waals surface area contributed by atoms with E-state index in [0.29, 0.717) is 13.0 Å². The van der Waals surface area contributed by atoms with Crippen molar-refractivity contribution in [2.75, 3.05) is 11.9 Å². The second kappa shape index (κ2) is 6.25. The van der Waals surface area contributed by atoms with Crippen molar-refractivity contribution < 1.29 is 13.7 Å². The van der Waals surface area contributed by atoms with E-state index in [1.165, 1.54) is 12.1 Å². The number of non-ortho nitro benzene ring substituents is 1. The number of anilines is 1. The third-order valence-electron chi connectivity index (χ3n) is 2.56. The Morgan fingerprint density at radius 2 is 2.17 bits per heavy atom. The third-order valence-corrected chi connectivity index (χ3v) is 2.56. The second-order valence-corrected chi connectivity index (χ2v) is 3.88. The highest BCUT2D eigenvalue weighted by atomic mass is 19.3. The van der Waals surface area contributed by atoms with E-state index in [1.807, 2.05) is 6.92 Å². The van der Waals surface area contributed by atoms with Crippen molar-refractivity contribution in [3.05, 3.63) is 33.9 Å². The first kappa shape index (κ1) is 14.3. The van der Waals surface area contributed by atoms with Gasteiger partial charge in [0.05, 0.1) is 4.92 Å². The number of nitro groups is 1. The summed E-state index contributed by atoms with van der Waals surface area (Å²) in [6.45, 7) is 2.23. The lowest BCUT2D eigenvalue weighted by atomic mass is 10.1. The van der Waals surface area contributed by atoms with Gasteiger partial charge >= 0.3 is 0 Å². The predicted octanol–water partition coefficient (Wildman–Crippen LogP) is 2.68. The predicted molar refractivity (Wildman–Crippen MR) is 64.8 cm³/mol. The summed E-state index contributed by atoms with van der Waals surface area (Å²) in [6.07, 6.45) is -2.06. The molecule has 3 N–H and O–H groups in total. The number of rotatable bonds is 6. The van der Waals surface area contributed by atoms with E-state index in [9.17, 15) is 18.9 Å². The molecule has 0 bridgehead atoms. The Morgan fingerprint density at radius 1 is 1.50 bits per heavy atom. The van der Waals surface area contributed by atoms with Gasteiger partial charge < -0.3 is 11.1 Å². The van der Waals surface area contributed by atoms with Gasteiger partial charge in [-0.15, -0.1) is 0 Å². The monoisotopic (exact) mass is 259 g/mol. The SMILES string of the molecule is CCC(N)CNc1ccc([N+](=O)[O-])cc1C(F)F. The number of hydrogen-bond acceptors (Lipinski definition) is 4. The first-order valence-electron chi connectivity index (χ1n) is 5.51. The molecule has 1 rings (SSSR count). The van der Waals surface area contributed by atoms with E-state index >= 15 is 0 Å². The molecule has 0 saturated heterocycles. The molecule has 5 nitrogen and oxygen atoms in total. The largest absolute Gasteiger partial charge is 0.383 e. The van der Waals surface area contributed by atoms with Crippen LogP contribution in [0.4, 0.5) is 20.2 Å². The minimum atomic E-state index is -2.77. The number of alkyl halides is 2. The van der Waals surface area contributed by atoms with Crippen molar-refractivity contribution in [1.29, 1.82) is 0 Å². The summed E-state index contributed by atoms with van der Waals surface area (Å²) in [7, 11) is 0. The fourth-order valence-electron chi connectivity index (χ4n) is 1.39. The molecule has 7 heteroatoms. The van der Waals surface area contributed by atoms with E-state index in [4.69, 9.17) is 5.73 Å². The summed E-state index contributed by atoms with van der Waals surface area (Å²) in [5, 5.41) is 13.3. The summed E-state index contributed by atoms with van der Waals surface area (Å²) < 4.78 is 25.6. The first-order valence-corrected chi connectivity index (χ1v) is 5.51. The van der Waals surface area contributed by atoms with Gasteiger partial charge in [-0.2, -0.15) is 0 Å². The van der Waals surface area contributed by atoms with E-state index in [0.717, 1.165) is 6.07 Å². The number of hydrogen-bond donors (Lipinski definition) is 2. The van der Waals surface area contributed by atoms with E-state index in [2.05, 4.69) is 5.32 Å². The van der Waals surface area contributed by atoms with Gasteiger partial charge in [0.25, 0.3) is 12.1 Å². The topological polar surface area (TPSA) is 81.2 Å². The van der Waals surface area contributed by atoms with Crippen molar-refractivity contribution >= 4 is 11.4 Å². The minimum Gasteiger partial charge on any atom is -0.383 e. The average Bonchev–Trinajstić information content (AvgIpc) is 2.35. The number of nitrogens with two attached hydrogens (primary N) is 1. The molecule has 18 heavy (non-hydrogen) atoms. The third kappa shape index (κ3) is 3.63. The summed E-state index contributed by atoms with van der Waals surface area (Å²) in [6, 6.07) is 3.20. The average molecular weight is 259 g/mol. The van der Waals surface area contributed by atoms with Crippen LogP contribution in [0.2, 0.25) is 0 Å². The maximum Gasteiger partial charge on any atom is 0.270 e. The highest BCUT2D eigenvalue weighted by Gasteiger charge is 2.18. The molecule has 0 amide bonds. The summed E-state index contributed by atoms with van der Waals surface area (Å²) in [5.41, 5.74) is 5.11. The molecule has 1 unspecified atom stereocenters. The molecule has 0 fully saturated rings. The van der Waals surface area contributed by atoms with Crippen LogP contribution in [0.1, 0.15) is 25.3 Å². The maximum absolute atomic E-state index is 12.8. The van der Waals surface area contributed by atoms with Crippen molar-refractivity contribution in [3.8, 4) is 0 Å². The van der Waals surface area contributed by atoms with Crippen LogP contribution in [-0.4, -0.2) is 17.5 Å². The van der Waals surface area contributed by atoms with Crippen LogP contribution in [0, 0.1) is 10.1 Å². The van der Waals surface area contributed by atoms with Gasteiger partial charge in [0, 0.05) is 36.0 Å². The van der Waals surface area contributed by atoms with Crippen LogP contribution in [-0.2, 0) is 0 Å². The van der Waals surface area contributed by atoms with Gasteiger partial charge in [-0.1, -0.05) is 6.92 Å². The highest BCUT2D eigenvalue weighted by molar-refractivity contribution is 5.56. The number of nitro benzene ring substituents is 1. The molecule has 0 heterocycles. The quantitative estimate of drug-likeness (QED) is 0.608. The van der Waals surface area contributed by atoms with Gasteiger partial charge in [0.15, 0.2) is 0 Å². The van der Waals surface area contributed by atoms with Crippen LogP contribution < -0.4 is 11.1 Å². The van der Waals surface area contributed by atoms with Crippen molar-refractivity contribution in [1.82, 2.24) is 0 Å². The lowest BCUT2D eigenvalue weighted by Gasteiger charge is -2.14. The molecule has 0 saturated carbocycles. The van der Waals surface area contributed by atoms with Crippen LogP contribution >= 0.6 is 0 Å². The first-order chi connectivity index (χ1) is 8.45. The van der Waals surface area contributed by atoms with Gasteiger partial charge in [0.1, 0.15) is 0 Å². The Labute approximate surface area is 103 Å². The summed E-state index contributed by atoms with van der Waals surface area (Å²) in [5.74, 6) is 0. The highest BCUT2D eigenvalue weighted by Crippen LogP contribution is 2.30. The van der Waals surface area contributed by atoms with Crippen LogP contribution in [0.5, 0.6) is 0 Å². The second-order valence-electron chi connectivity index (χ2n) is 3.88. The van der Waals surface area contributed by atoms with Gasteiger partial charge in [0.2, 0.25) is 0 Å². The molecule has 0 aliphatic heterocycles. The number of benzene rings is 1. The number of halogens is 2. The normalized spacial score (nSPS) is 12.5. The molecular formula is C11H15F2N3O2. The molecule has 0 radical (unpaired) electrons. The lowest BCUT2D eigenvalue weighted by molar-refractivity contribution is -0.385. The van der Waals surface area contributed by atoms with Gasteiger partial charge in [-0.25, -0.2) is 8.78 Å². The van der Waals surface area contributed by atoms with Gasteiger partial charge in [-0.05, 0) is 12.5 Å². The Kier molecular flexibility index (Phi) is 4.96. The molecule has 100 valence electrons. The van der Waals surface area contributed by atoms with Crippen molar-refractivity contribution in [2.24, 2.45) is 5.73 Å². The Bertz CT molecular complexity index is 427. The fraction of sp³-hybridized carbons (Fsp3) is 0.455. The molecule has 0 spiro atoms. The molecule has 0 aliphatic rings. The minimum absolute atomic E-state index is 0.147. The molecule has 1 atom stereocenters. The van der Waals surface area contributed by atoms with Crippen LogP contribution in [0.25, 0.3) is 0 Å². The zero-order chi connectivity index (χ0) is 13.7. The Hall–Kier alpha value is -1.76. The van der Waals surface area contributed by atoms with Gasteiger partial charge in [-0.3, -0.25) is 10.1 Å². The molecule has 0 aromatic heterocycles. The Morgan fingerprint density at radius 3 is 2.67 bits per heavy atom. The molecular weight excluding hydrogens is 244 g/mol. The van der Waals surface area contributed by atoms with E-state index < -0.39 is 11.3 Å². The smallest absolute Gasteiger partial charge is 0.270 e. The molecule has 1 aromatic rings. The molecule has 1 aromatic carbocycles. The van der Waals surface area contributed by atoms with E-state index in [-0.39, 0.29) is 23.0 Å². The van der Waals surface area contributed by atoms with E-state index in [1.54, 1.807) is 0 Å².